The summed E-state index contributed by atoms with van der Waals surface area (Å²) in [6, 6.07) is 14.6. The Balaban J connectivity index is 1.71. The molecule has 1 aliphatic rings. The molecule has 3 rings (SSSR count). The second-order valence-electron chi connectivity index (χ2n) is 6.52. The zero-order chi connectivity index (χ0) is 17.8. The first-order valence-corrected chi connectivity index (χ1v) is 9.57. The van der Waals surface area contributed by atoms with Crippen molar-refractivity contribution < 1.29 is 9.59 Å². The van der Waals surface area contributed by atoms with E-state index >= 15 is 0 Å². The molecule has 2 amide bonds. The predicted octanol–water partition coefficient (Wildman–Crippen LogP) is 4.42. The van der Waals surface area contributed by atoms with Crippen molar-refractivity contribution in [3.8, 4) is 0 Å². The largest absolute Gasteiger partial charge is 0.339 e. The fourth-order valence-electron chi connectivity index (χ4n) is 2.96. The first kappa shape index (κ1) is 17.9. The molecule has 130 valence electrons. The number of anilines is 1. The van der Waals surface area contributed by atoms with Gasteiger partial charge in [0, 0.05) is 33.5 Å². The normalized spacial score (nSPS) is 15.0. The van der Waals surface area contributed by atoms with Gasteiger partial charge in [0.2, 0.25) is 0 Å². The molecule has 1 aliphatic heterocycles. The predicted molar refractivity (Wildman–Crippen MR) is 108 cm³/mol. The number of carbonyl (C=O) groups is 2. The summed E-state index contributed by atoms with van der Waals surface area (Å²) < 4.78 is 1.01. The molecule has 0 radical (unpaired) electrons. The van der Waals surface area contributed by atoms with Gasteiger partial charge in [-0.25, -0.2) is 0 Å². The number of rotatable bonds is 3. The summed E-state index contributed by atoms with van der Waals surface area (Å²) in [6.07, 6.45) is 2.10. The van der Waals surface area contributed by atoms with E-state index < -0.39 is 0 Å². The van der Waals surface area contributed by atoms with Crippen LogP contribution in [0.2, 0.25) is 0 Å². The van der Waals surface area contributed by atoms with Crippen LogP contribution in [0.4, 0.5) is 5.69 Å². The molecule has 1 saturated heterocycles. The third-order valence-electron chi connectivity index (χ3n) is 4.53. The quantitative estimate of drug-likeness (QED) is 0.708. The standard InChI is InChI=1S/C20H21IN2O2/c1-14-8-10-23(11-9-14)20(25)16-5-3-7-18(13-16)22-19(24)15-4-2-6-17(21)12-15/h2-7,12-14H,8-11H2,1H3,(H,22,24). The highest BCUT2D eigenvalue weighted by Crippen LogP contribution is 2.20. The fourth-order valence-corrected chi connectivity index (χ4v) is 3.50. The van der Waals surface area contributed by atoms with Crippen molar-refractivity contribution in [3.05, 3.63) is 63.2 Å². The lowest BCUT2D eigenvalue weighted by atomic mass is 9.98. The van der Waals surface area contributed by atoms with Crippen LogP contribution in [0.5, 0.6) is 0 Å². The summed E-state index contributed by atoms with van der Waals surface area (Å²) in [6.45, 7) is 3.83. The van der Waals surface area contributed by atoms with E-state index in [0.717, 1.165) is 29.5 Å². The maximum absolute atomic E-state index is 12.7. The van der Waals surface area contributed by atoms with Crippen molar-refractivity contribution in [2.45, 2.75) is 19.8 Å². The molecule has 1 fully saturated rings. The number of nitrogens with one attached hydrogen (secondary N) is 1. The van der Waals surface area contributed by atoms with Gasteiger partial charge in [0.25, 0.3) is 11.8 Å². The Kier molecular flexibility index (Phi) is 5.73. The van der Waals surface area contributed by atoms with Crippen molar-refractivity contribution in [1.29, 1.82) is 0 Å². The van der Waals surface area contributed by atoms with E-state index in [2.05, 4.69) is 34.8 Å². The highest BCUT2D eigenvalue weighted by atomic mass is 127. The first-order chi connectivity index (χ1) is 12.0. The van der Waals surface area contributed by atoms with Crippen molar-refractivity contribution in [2.24, 2.45) is 5.92 Å². The Morgan fingerprint density at radius 3 is 2.44 bits per heavy atom. The highest BCUT2D eigenvalue weighted by molar-refractivity contribution is 14.1. The van der Waals surface area contributed by atoms with Gasteiger partial charge in [0.15, 0.2) is 0 Å². The Morgan fingerprint density at radius 1 is 1.04 bits per heavy atom. The zero-order valence-corrected chi connectivity index (χ0v) is 16.3. The fraction of sp³-hybridized carbons (Fsp3) is 0.300. The van der Waals surface area contributed by atoms with Crippen LogP contribution in [-0.2, 0) is 0 Å². The summed E-state index contributed by atoms with van der Waals surface area (Å²) in [5.74, 6) is 0.551. The molecular weight excluding hydrogens is 427 g/mol. The number of amides is 2. The van der Waals surface area contributed by atoms with E-state index in [-0.39, 0.29) is 11.8 Å². The SMILES string of the molecule is CC1CCN(C(=O)c2cccc(NC(=O)c3cccc(I)c3)c2)CC1. The summed E-state index contributed by atoms with van der Waals surface area (Å²) >= 11 is 2.18. The lowest BCUT2D eigenvalue weighted by molar-refractivity contribution is 0.0697. The molecule has 0 saturated carbocycles. The van der Waals surface area contributed by atoms with Crippen LogP contribution in [-0.4, -0.2) is 29.8 Å². The summed E-state index contributed by atoms with van der Waals surface area (Å²) in [7, 11) is 0. The van der Waals surface area contributed by atoms with Crippen molar-refractivity contribution in [2.75, 3.05) is 18.4 Å². The monoisotopic (exact) mass is 448 g/mol. The summed E-state index contributed by atoms with van der Waals surface area (Å²) in [4.78, 5) is 26.9. The number of hydrogen-bond acceptors (Lipinski definition) is 2. The topological polar surface area (TPSA) is 49.4 Å². The zero-order valence-electron chi connectivity index (χ0n) is 14.2. The molecule has 2 aromatic carbocycles. The molecule has 2 aromatic rings. The van der Waals surface area contributed by atoms with Gasteiger partial charge >= 0.3 is 0 Å². The van der Waals surface area contributed by atoms with Crippen LogP contribution in [0.1, 0.15) is 40.5 Å². The second kappa shape index (κ2) is 7.99. The van der Waals surface area contributed by atoms with Crippen LogP contribution in [0.3, 0.4) is 0 Å². The van der Waals surface area contributed by atoms with Gasteiger partial charge in [0.05, 0.1) is 0 Å². The highest BCUT2D eigenvalue weighted by Gasteiger charge is 2.21. The smallest absolute Gasteiger partial charge is 0.255 e. The minimum Gasteiger partial charge on any atom is -0.339 e. The van der Waals surface area contributed by atoms with E-state index in [1.54, 1.807) is 18.2 Å². The molecule has 0 atom stereocenters. The van der Waals surface area contributed by atoms with Crippen molar-refractivity contribution in [1.82, 2.24) is 4.90 Å². The lowest BCUT2D eigenvalue weighted by Crippen LogP contribution is -2.37. The maximum atomic E-state index is 12.7. The third kappa shape index (κ3) is 4.60. The number of halogens is 1. The molecule has 0 unspecified atom stereocenters. The number of piperidine rings is 1. The van der Waals surface area contributed by atoms with Crippen LogP contribution >= 0.6 is 22.6 Å². The van der Waals surface area contributed by atoms with E-state index in [4.69, 9.17) is 0 Å². The van der Waals surface area contributed by atoms with E-state index in [1.807, 2.05) is 35.2 Å². The van der Waals surface area contributed by atoms with E-state index in [0.29, 0.717) is 22.7 Å². The number of nitrogens with zero attached hydrogens (tertiary/aromatic N) is 1. The molecule has 0 aromatic heterocycles. The lowest BCUT2D eigenvalue weighted by Gasteiger charge is -2.30. The van der Waals surface area contributed by atoms with Crippen LogP contribution in [0, 0.1) is 9.49 Å². The van der Waals surface area contributed by atoms with E-state index in [1.165, 1.54) is 0 Å². The van der Waals surface area contributed by atoms with Gasteiger partial charge in [-0.2, -0.15) is 0 Å². The molecule has 25 heavy (non-hydrogen) atoms. The Hall–Kier alpha value is -1.89. The Bertz CT molecular complexity index is 783. The van der Waals surface area contributed by atoms with Crippen molar-refractivity contribution >= 4 is 40.1 Å². The molecule has 0 spiro atoms. The van der Waals surface area contributed by atoms with Crippen LogP contribution in [0.25, 0.3) is 0 Å². The average molecular weight is 448 g/mol. The average Bonchev–Trinajstić information content (AvgIpc) is 2.62. The van der Waals surface area contributed by atoms with Gasteiger partial charge in [-0.05, 0) is 77.7 Å². The summed E-state index contributed by atoms with van der Waals surface area (Å²) in [5, 5.41) is 2.88. The molecular formula is C20H21IN2O2. The molecule has 1 N–H and O–H groups in total. The molecule has 1 heterocycles. The number of benzene rings is 2. The minimum atomic E-state index is -0.171. The maximum Gasteiger partial charge on any atom is 0.255 e. The third-order valence-corrected chi connectivity index (χ3v) is 5.20. The molecule has 0 bridgehead atoms. The van der Waals surface area contributed by atoms with Crippen molar-refractivity contribution in [3.63, 3.8) is 0 Å². The van der Waals surface area contributed by atoms with Gasteiger partial charge in [-0.3, -0.25) is 9.59 Å². The Labute approximate surface area is 161 Å². The number of hydrogen-bond donors (Lipinski definition) is 1. The van der Waals surface area contributed by atoms with Crippen LogP contribution < -0.4 is 5.32 Å². The van der Waals surface area contributed by atoms with Gasteiger partial charge in [0.1, 0.15) is 0 Å². The second-order valence-corrected chi connectivity index (χ2v) is 7.77. The Morgan fingerprint density at radius 2 is 1.72 bits per heavy atom. The van der Waals surface area contributed by atoms with Gasteiger partial charge < -0.3 is 10.2 Å². The molecule has 5 heteroatoms. The number of carbonyl (C=O) groups excluding carboxylic acids is 2. The minimum absolute atomic E-state index is 0.0391. The number of likely N-dealkylation sites (tertiary alicyclic amines) is 1. The van der Waals surface area contributed by atoms with E-state index in [9.17, 15) is 9.59 Å². The van der Waals surface area contributed by atoms with Gasteiger partial charge in [-0.15, -0.1) is 0 Å². The molecule has 4 nitrogen and oxygen atoms in total. The molecule has 0 aliphatic carbocycles. The van der Waals surface area contributed by atoms with Gasteiger partial charge in [-0.1, -0.05) is 19.1 Å². The van der Waals surface area contributed by atoms with Crippen LogP contribution in [0.15, 0.2) is 48.5 Å². The summed E-state index contributed by atoms with van der Waals surface area (Å²) in [5.41, 5.74) is 1.86. The first-order valence-electron chi connectivity index (χ1n) is 8.49.